The first kappa shape index (κ1) is 18.7. The van der Waals surface area contributed by atoms with Gasteiger partial charge in [0.1, 0.15) is 5.66 Å². The molecule has 0 amide bonds. The molecule has 2 aliphatic rings. The SMILES string of the molecule is c1ccc(C(NC2CCCCC2)(NC2CCCCC2)c2ccccc2)cc1. The van der Waals surface area contributed by atoms with E-state index in [9.17, 15) is 0 Å². The lowest BCUT2D eigenvalue weighted by Gasteiger charge is -2.44. The zero-order chi connectivity index (χ0) is 18.4. The van der Waals surface area contributed by atoms with Gasteiger partial charge in [0.15, 0.2) is 0 Å². The molecule has 0 atom stereocenters. The Morgan fingerprint density at radius 2 is 0.889 bits per heavy atom. The van der Waals surface area contributed by atoms with E-state index >= 15 is 0 Å². The molecule has 2 saturated carbocycles. The van der Waals surface area contributed by atoms with Gasteiger partial charge in [0.2, 0.25) is 0 Å². The second kappa shape index (κ2) is 9.03. The Balaban J connectivity index is 1.74. The van der Waals surface area contributed by atoms with Crippen molar-refractivity contribution in [1.29, 1.82) is 0 Å². The summed E-state index contributed by atoms with van der Waals surface area (Å²) in [6, 6.07) is 23.3. The fourth-order valence-electron chi connectivity index (χ4n) is 5.02. The third kappa shape index (κ3) is 4.44. The van der Waals surface area contributed by atoms with Gasteiger partial charge in [0.05, 0.1) is 0 Å². The lowest BCUT2D eigenvalue weighted by atomic mass is 9.85. The van der Waals surface area contributed by atoms with Gasteiger partial charge in [-0.15, -0.1) is 0 Å². The molecule has 0 saturated heterocycles. The van der Waals surface area contributed by atoms with Crippen molar-refractivity contribution in [3.8, 4) is 0 Å². The highest BCUT2D eigenvalue weighted by Crippen LogP contribution is 2.33. The van der Waals surface area contributed by atoms with E-state index in [1.807, 2.05) is 0 Å². The van der Waals surface area contributed by atoms with Crippen LogP contribution in [0, 0.1) is 0 Å². The molecular formula is C25H34N2. The Kier molecular flexibility index (Phi) is 6.26. The Bertz CT molecular complexity index is 608. The van der Waals surface area contributed by atoms with Gasteiger partial charge in [-0.1, -0.05) is 99.2 Å². The standard InChI is InChI=1S/C25H34N2/c1-5-13-21(14-6-1)25(22-15-7-2-8-16-22,26-23-17-9-3-10-18-23)27-24-19-11-4-12-20-24/h1-2,5-8,13-16,23-24,26-27H,3-4,9-12,17-20H2. The molecule has 2 N–H and O–H groups in total. The summed E-state index contributed by atoms with van der Waals surface area (Å²) >= 11 is 0. The van der Waals surface area contributed by atoms with Crippen molar-refractivity contribution >= 4 is 0 Å². The van der Waals surface area contributed by atoms with Gasteiger partial charge >= 0.3 is 0 Å². The third-order valence-electron chi connectivity index (χ3n) is 6.47. The fraction of sp³-hybridized carbons (Fsp3) is 0.520. The van der Waals surface area contributed by atoms with Crippen LogP contribution in [0.4, 0.5) is 0 Å². The largest absolute Gasteiger partial charge is 0.289 e. The van der Waals surface area contributed by atoms with Gasteiger partial charge in [-0.05, 0) is 36.8 Å². The van der Waals surface area contributed by atoms with Crippen molar-refractivity contribution in [3.05, 3.63) is 71.8 Å². The van der Waals surface area contributed by atoms with Gasteiger partial charge in [-0.25, -0.2) is 0 Å². The van der Waals surface area contributed by atoms with Gasteiger partial charge in [-0.2, -0.15) is 0 Å². The van der Waals surface area contributed by atoms with Crippen molar-refractivity contribution in [2.45, 2.75) is 82.0 Å². The number of rotatable bonds is 6. The summed E-state index contributed by atoms with van der Waals surface area (Å²) in [6.45, 7) is 0. The molecule has 2 nitrogen and oxygen atoms in total. The predicted octanol–water partition coefficient (Wildman–Crippen LogP) is 5.73. The second-order valence-corrected chi connectivity index (χ2v) is 8.44. The highest BCUT2D eigenvalue weighted by atomic mass is 15.2. The van der Waals surface area contributed by atoms with Crippen LogP contribution < -0.4 is 10.6 Å². The van der Waals surface area contributed by atoms with E-state index in [1.54, 1.807) is 0 Å². The van der Waals surface area contributed by atoms with E-state index in [-0.39, 0.29) is 5.66 Å². The number of hydrogen-bond acceptors (Lipinski definition) is 2. The Labute approximate surface area is 164 Å². The molecule has 2 fully saturated rings. The smallest absolute Gasteiger partial charge is 0.122 e. The molecule has 0 heterocycles. The molecule has 0 aliphatic heterocycles. The van der Waals surface area contributed by atoms with Crippen molar-refractivity contribution in [2.75, 3.05) is 0 Å². The lowest BCUT2D eigenvalue weighted by Crippen LogP contribution is -2.61. The van der Waals surface area contributed by atoms with Crippen LogP contribution in [-0.2, 0) is 5.66 Å². The molecule has 0 radical (unpaired) electrons. The van der Waals surface area contributed by atoms with Gasteiger partial charge < -0.3 is 0 Å². The fourth-order valence-corrected chi connectivity index (χ4v) is 5.02. The van der Waals surface area contributed by atoms with Gasteiger partial charge in [-0.3, -0.25) is 10.6 Å². The maximum atomic E-state index is 4.14. The maximum absolute atomic E-state index is 4.14. The topological polar surface area (TPSA) is 24.1 Å². The Morgan fingerprint density at radius 3 is 1.26 bits per heavy atom. The molecule has 0 bridgehead atoms. The summed E-state index contributed by atoms with van der Waals surface area (Å²) in [5.41, 5.74) is 2.38. The van der Waals surface area contributed by atoms with Crippen molar-refractivity contribution in [2.24, 2.45) is 0 Å². The average molecular weight is 363 g/mol. The van der Waals surface area contributed by atoms with Crippen LogP contribution in [0.2, 0.25) is 0 Å². The molecule has 4 rings (SSSR count). The summed E-state index contributed by atoms with van der Waals surface area (Å²) in [4.78, 5) is 0. The molecule has 144 valence electrons. The minimum atomic E-state index is -0.299. The van der Waals surface area contributed by atoms with Crippen LogP contribution in [0.1, 0.15) is 75.3 Å². The molecule has 0 spiro atoms. The van der Waals surface area contributed by atoms with Gasteiger partial charge in [0.25, 0.3) is 0 Å². The molecule has 27 heavy (non-hydrogen) atoms. The van der Waals surface area contributed by atoms with E-state index in [1.165, 1.54) is 75.3 Å². The van der Waals surface area contributed by atoms with Crippen molar-refractivity contribution in [3.63, 3.8) is 0 Å². The van der Waals surface area contributed by atoms with E-state index in [4.69, 9.17) is 0 Å². The van der Waals surface area contributed by atoms with Crippen LogP contribution in [0.15, 0.2) is 60.7 Å². The van der Waals surface area contributed by atoms with Gasteiger partial charge in [0, 0.05) is 12.1 Å². The quantitative estimate of drug-likeness (QED) is 0.641. The van der Waals surface area contributed by atoms with Crippen LogP contribution >= 0.6 is 0 Å². The maximum Gasteiger partial charge on any atom is 0.122 e. The molecule has 2 aromatic rings. The van der Waals surface area contributed by atoms with Crippen LogP contribution in [0.5, 0.6) is 0 Å². The molecule has 2 aliphatic carbocycles. The monoisotopic (exact) mass is 362 g/mol. The number of hydrogen-bond donors (Lipinski definition) is 2. The summed E-state index contributed by atoms with van der Waals surface area (Å²) in [6.07, 6.45) is 13.3. The molecule has 0 aromatic heterocycles. The van der Waals surface area contributed by atoms with Crippen molar-refractivity contribution in [1.82, 2.24) is 10.6 Å². The molecule has 2 aromatic carbocycles. The molecule has 2 heteroatoms. The third-order valence-corrected chi connectivity index (χ3v) is 6.47. The van der Waals surface area contributed by atoms with Crippen LogP contribution in [0.25, 0.3) is 0 Å². The first-order chi connectivity index (χ1) is 13.4. The van der Waals surface area contributed by atoms with Crippen molar-refractivity contribution < 1.29 is 0 Å². The Morgan fingerprint density at radius 1 is 0.519 bits per heavy atom. The van der Waals surface area contributed by atoms with Crippen LogP contribution in [-0.4, -0.2) is 12.1 Å². The number of benzene rings is 2. The lowest BCUT2D eigenvalue weighted by molar-refractivity contribution is 0.202. The zero-order valence-electron chi connectivity index (χ0n) is 16.5. The summed E-state index contributed by atoms with van der Waals surface area (Å²) in [7, 11) is 0. The zero-order valence-corrected chi connectivity index (χ0v) is 16.5. The minimum Gasteiger partial charge on any atom is -0.289 e. The molecular weight excluding hydrogens is 328 g/mol. The van der Waals surface area contributed by atoms with E-state index in [0.29, 0.717) is 12.1 Å². The highest BCUT2D eigenvalue weighted by Gasteiger charge is 2.38. The van der Waals surface area contributed by atoms with E-state index < -0.39 is 0 Å². The number of nitrogens with one attached hydrogen (secondary N) is 2. The summed E-state index contributed by atoms with van der Waals surface area (Å²) < 4.78 is 0. The summed E-state index contributed by atoms with van der Waals surface area (Å²) in [5.74, 6) is 0. The Hall–Kier alpha value is -1.64. The van der Waals surface area contributed by atoms with E-state index in [0.717, 1.165) is 0 Å². The first-order valence-electron chi connectivity index (χ1n) is 11.0. The highest BCUT2D eigenvalue weighted by molar-refractivity contribution is 5.38. The minimum absolute atomic E-state index is 0.299. The normalized spacial score (nSPS) is 19.9. The van der Waals surface area contributed by atoms with Crippen LogP contribution in [0.3, 0.4) is 0 Å². The first-order valence-corrected chi connectivity index (χ1v) is 11.0. The predicted molar refractivity (Wildman–Crippen MR) is 114 cm³/mol. The second-order valence-electron chi connectivity index (χ2n) is 8.44. The molecule has 0 unspecified atom stereocenters. The average Bonchev–Trinajstić information content (AvgIpc) is 2.76. The van der Waals surface area contributed by atoms with E-state index in [2.05, 4.69) is 71.3 Å². The summed E-state index contributed by atoms with van der Waals surface area (Å²) in [5, 5.41) is 8.28.